The molecular formula is C29H52N8O10S. The number of carboxylic acids is 1. The predicted octanol–water partition coefficient (Wildman–Crippen LogP) is -3.37. The SMILES string of the molecule is CC(C)C[C@H](NC(=O)[C@@H](N)CC(C)C)C(=O)N[C@@H](CC(N)=O)C(=O)N[C@@H](C)C(=O)N[C@H](C(=O)N[C@@H](C)C(=O)N[C@@H](CS)C(=O)O)[C@@H](C)O. The van der Waals surface area contributed by atoms with Crippen molar-refractivity contribution in [3.63, 3.8) is 0 Å². The highest BCUT2D eigenvalue weighted by atomic mass is 32.1. The molecule has 19 heteroatoms. The molecule has 0 spiro atoms. The molecule has 274 valence electrons. The zero-order valence-corrected chi connectivity index (χ0v) is 29.3. The van der Waals surface area contributed by atoms with Crippen molar-refractivity contribution >= 4 is 59.9 Å². The highest BCUT2D eigenvalue weighted by Crippen LogP contribution is 2.09. The zero-order valence-electron chi connectivity index (χ0n) is 28.4. The lowest BCUT2D eigenvalue weighted by Gasteiger charge is -2.27. The minimum absolute atomic E-state index is 0.0689. The lowest BCUT2D eigenvalue weighted by Crippen LogP contribution is -2.61. The van der Waals surface area contributed by atoms with Crippen LogP contribution in [-0.2, 0) is 38.4 Å². The Balaban J connectivity index is 5.65. The second-order valence-corrected chi connectivity index (χ2v) is 12.8. The van der Waals surface area contributed by atoms with Crippen molar-refractivity contribution in [2.75, 3.05) is 5.75 Å². The first-order chi connectivity index (χ1) is 22.1. The smallest absolute Gasteiger partial charge is 0.327 e. The van der Waals surface area contributed by atoms with Gasteiger partial charge in [-0.2, -0.15) is 12.6 Å². The van der Waals surface area contributed by atoms with Crippen LogP contribution in [0.25, 0.3) is 0 Å². The van der Waals surface area contributed by atoms with E-state index in [1.165, 1.54) is 20.8 Å². The molecule has 7 amide bonds. The lowest BCUT2D eigenvalue weighted by atomic mass is 10.00. The molecule has 12 N–H and O–H groups in total. The Bertz CT molecular complexity index is 1170. The van der Waals surface area contributed by atoms with Gasteiger partial charge in [0.25, 0.3) is 0 Å². The Morgan fingerprint density at radius 1 is 0.604 bits per heavy atom. The third kappa shape index (κ3) is 16.2. The summed E-state index contributed by atoms with van der Waals surface area (Å²) in [5.41, 5.74) is 11.2. The first kappa shape index (κ1) is 44.0. The Morgan fingerprint density at radius 2 is 1.04 bits per heavy atom. The van der Waals surface area contributed by atoms with Crippen molar-refractivity contribution in [1.29, 1.82) is 0 Å². The van der Waals surface area contributed by atoms with E-state index in [9.17, 15) is 43.5 Å². The van der Waals surface area contributed by atoms with Crippen molar-refractivity contribution in [3.05, 3.63) is 0 Å². The number of nitrogens with one attached hydrogen (secondary N) is 6. The Morgan fingerprint density at radius 3 is 1.48 bits per heavy atom. The van der Waals surface area contributed by atoms with Gasteiger partial charge in [-0.25, -0.2) is 4.79 Å². The normalized spacial score (nSPS) is 16.2. The van der Waals surface area contributed by atoms with Gasteiger partial charge < -0.3 is 53.6 Å². The number of aliphatic carboxylic acids is 1. The molecule has 0 fully saturated rings. The van der Waals surface area contributed by atoms with E-state index in [4.69, 9.17) is 16.6 Å². The van der Waals surface area contributed by atoms with E-state index >= 15 is 0 Å². The van der Waals surface area contributed by atoms with Gasteiger partial charge in [0.15, 0.2) is 0 Å². The highest BCUT2D eigenvalue weighted by molar-refractivity contribution is 7.80. The van der Waals surface area contributed by atoms with Crippen molar-refractivity contribution < 1.29 is 48.6 Å². The fraction of sp³-hybridized carbons (Fsp3) is 0.724. The van der Waals surface area contributed by atoms with E-state index in [1.807, 2.05) is 27.7 Å². The molecule has 0 rings (SSSR count). The van der Waals surface area contributed by atoms with E-state index in [-0.39, 0.29) is 24.0 Å². The molecule has 48 heavy (non-hydrogen) atoms. The Hall–Kier alpha value is -3.97. The number of aliphatic hydroxyl groups is 1. The topological polar surface area (TPSA) is 301 Å². The maximum absolute atomic E-state index is 13.2. The van der Waals surface area contributed by atoms with Gasteiger partial charge in [0.1, 0.15) is 36.3 Å². The first-order valence-corrected chi connectivity index (χ1v) is 16.1. The van der Waals surface area contributed by atoms with Crippen molar-refractivity contribution in [2.24, 2.45) is 23.3 Å². The molecule has 18 nitrogen and oxygen atoms in total. The largest absolute Gasteiger partial charge is 0.480 e. The molecule has 0 aliphatic heterocycles. The van der Waals surface area contributed by atoms with E-state index in [2.05, 4.69) is 44.5 Å². The minimum Gasteiger partial charge on any atom is -0.480 e. The quantitative estimate of drug-likeness (QED) is 0.0524. The van der Waals surface area contributed by atoms with Gasteiger partial charge in [-0.05, 0) is 45.4 Å². The predicted molar refractivity (Wildman–Crippen MR) is 177 cm³/mol. The molecule has 0 aliphatic rings. The monoisotopic (exact) mass is 704 g/mol. The number of thiol groups is 1. The Labute approximate surface area is 285 Å². The molecule has 0 saturated carbocycles. The van der Waals surface area contributed by atoms with Crippen LogP contribution in [0.3, 0.4) is 0 Å². The molecule has 0 heterocycles. The number of nitrogens with two attached hydrogens (primary N) is 2. The summed E-state index contributed by atoms with van der Waals surface area (Å²) in [6.45, 7) is 11.0. The van der Waals surface area contributed by atoms with Crippen LogP contribution in [0, 0.1) is 11.8 Å². The molecule has 0 radical (unpaired) electrons. The summed E-state index contributed by atoms with van der Waals surface area (Å²) in [6, 6.07) is -9.14. The van der Waals surface area contributed by atoms with Gasteiger partial charge in [-0.3, -0.25) is 33.6 Å². The summed E-state index contributed by atoms with van der Waals surface area (Å²) in [6.07, 6.45) is -1.60. The van der Waals surface area contributed by atoms with Crippen LogP contribution in [0.2, 0.25) is 0 Å². The molecule has 0 aliphatic carbocycles. The third-order valence-corrected chi connectivity index (χ3v) is 7.17. The maximum atomic E-state index is 13.2. The summed E-state index contributed by atoms with van der Waals surface area (Å²) in [4.78, 5) is 99.9. The number of amides is 7. The number of aliphatic hydroxyl groups excluding tert-OH is 1. The minimum atomic E-state index is -1.61. The number of carbonyl (C=O) groups is 8. The number of primary amides is 1. The summed E-state index contributed by atoms with van der Waals surface area (Å²) < 4.78 is 0. The van der Waals surface area contributed by atoms with Crippen LogP contribution in [0.4, 0.5) is 0 Å². The van der Waals surface area contributed by atoms with Crippen molar-refractivity contribution in [1.82, 2.24) is 31.9 Å². The molecule has 0 aromatic rings. The third-order valence-electron chi connectivity index (χ3n) is 6.80. The van der Waals surface area contributed by atoms with Crippen LogP contribution in [0.15, 0.2) is 0 Å². The van der Waals surface area contributed by atoms with E-state index in [0.29, 0.717) is 6.42 Å². The molecule has 0 saturated heterocycles. The first-order valence-electron chi connectivity index (χ1n) is 15.5. The van der Waals surface area contributed by atoms with Crippen molar-refractivity contribution in [2.45, 2.75) is 116 Å². The van der Waals surface area contributed by atoms with Crippen LogP contribution >= 0.6 is 12.6 Å². The van der Waals surface area contributed by atoms with Gasteiger partial charge in [-0.15, -0.1) is 0 Å². The average Bonchev–Trinajstić information content (AvgIpc) is 2.95. The van der Waals surface area contributed by atoms with Gasteiger partial charge in [0, 0.05) is 5.75 Å². The van der Waals surface area contributed by atoms with Crippen LogP contribution in [0.5, 0.6) is 0 Å². The number of carbonyl (C=O) groups excluding carboxylic acids is 7. The van der Waals surface area contributed by atoms with Crippen molar-refractivity contribution in [3.8, 4) is 0 Å². The number of hydrogen-bond acceptors (Lipinski definition) is 11. The number of hydrogen-bond donors (Lipinski definition) is 11. The van der Waals surface area contributed by atoms with E-state index < -0.39 is 102 Å². The zero-order chi connectivity index (χ0) is 37.5. The van der Waals surface area contributed by atoms with Gasteiger partial charge in [-0.1, -0.05) is 27.7 Å². The standard InChI is InChI=1S/C29H52N8O10S/c1-12(2)8-17(30)25(42)34-18(9-13(3)4)27(44)35-19(10-21(31)39)26(43)32-15(6)24(41)37-22(16(7)38)28(45)33-14(5)23(40)36-20(11-48)29(46)47/h12-20,22,38,48H,8-11,30H2,1-7H3,(H2,31,39)(H,32,43)(H,33,45)(H,34,42)(H,35,44)(H,36,40)(H,37,41)(H,46,47)/t14-,15-,16+,17-,18-,19-,20-,22-/m0/s1. The number of rotatable bonds is 21. The number of carboxylic acid groups (broad SMARTS) is 1. The van der Waals surface area contributed by atoms with Crippen LogP contribution < -0.4 is 43.4 Å². The highest BCUT2D eigenvalue weighted by Gasteiger charge is 2.33. The van der Waals surface area contributed by atoms with Gasteiger partial charge in [0.2, 0.25) is 41.4 Å². The summed E-state index contributed by atoms with van der Waals surface area (Å²) in [5, 5.41) is 33.2. The van der Waals surface area contributed by atoms with E-state index in [0.717, 1.165) is 0 Å². The molecule has 0 aromatic heterocycles. The fourth-order valence-corrected chi connectivity index (χ4v) is 4.44. The molecule has 8 atom stereocenters. The van der Waals surface area contributed by atoms with Gasteiger partial charge in [0.05, 0.1) is 18.6 Å². The Kier molecular flexibility index (Phi) is 19.3. The maximum Gasteiger partial charge on any atom is 0.327 e. The van der Waals surface area contributed by atoms with E-state index in [1.54, 1.807) is 0 Å². The van der Waals surface area contributed by atoms with Crippen LogP contribution in [-0.4, -0.2) is 112 Å². The summed E-state index contributed by atoms with van der Waals surface area (Å²) in [7, 11) is 0. The van der Waals surface area contributed by atoms with Gasteiger partial charge >= 0.3 is 5.97 Å². The summed E-state index contributed by atoms with van der Waals surface area (Å²) >= 11 is 3.84. The lowest BCUT2D eigenvalue weighted by molar-refractivity contribution is -0.141. The molecular weight excluding hydrogens is 652 g/mol. The average molecular weight is 705 g/mol. The second-order valence-electron chi connectivity index (χ2n) is 12.4. The second kappa shape index (κ2) is 21.1. The van der Waals surface area contributed by atoms with Crippen LogP contribution in [0.1, 0.15) is 67.7 Å². The fourth-order valence-electron chi connectivity index (χ4n) is 4.19. The molecule has 0 bridgehead atoms. The molecule has 0 unspecified atom stereocenters. The molecule has 0 aromatic carbocycles. The summed E-state index contributed by atoms with van der Waals surface area (Å²) in [5.74, 6) is -7.65.